The molecule has 2 unspecified atom stereocenters. The van der Waals surface area contributed by atoms with Crippen molar-refractivity contribution in [1.29, 1.82) is 0 Å². The highest BCUT2D eigenvalue weighted by atomic mass is 19.4. The average molecular weight is 461 g/mol. The maximum absolute atomic E-state index is 13.3. The van der Waals surface area contributed by atoms with Gasteiger partial charge in [0.25, 0.3) is 5.82 Å². The van der Waals surface area contributed by atoms with Crippen molar-refractivity contribution in [3.8, 4) is 11.4 Å². The molecule has 0 saturated carbocycles. The molecule has 2 aromatic carbocycles. The predicted molar refractivity (Wildman–Crippen MR) is 117 cm³/mol. The lowest BCUT2D eigenvalue weighted by molar-refractivity contribution is -0.146. The van der Waals surface area contributed by atoms with Crippen LogP contribution in [0, 0.1) is 0 Å². The quantitative estimate of drug-likeness (QED) is 0.554. The summed E-state index contributed by atoms with van der Waals surface area (Å²) in [6.07, 6.45) is -2.72. The van der Waals surface area contributed by atoms with Crippen molar-refractivity contribution >= 4 is 0 Å². The van der Waals surface area contributed by atoms with Crippen LogP contribution in [0.4, 0.5) is 13.2 Å². The molecule has 1 aromatic heterocycles. The fraction of sp³-hybridized carbons (Fsp3) is 0.435. The van der Waals surface area contributed by atoms with Gasteiger partial charge in [-0.1, -0.05) is 30.3 Å². The van der Waals surface area contributed by atoms with E-state index in [1.54, 1.807) is 12.1 Å². The van der Waals surface area contributed by atoms with Gasteiger partial charge < -0.3 is 15.4 Å². The van der Waals surface area contributed by atoms with Crippen LogP contribution in [-0.4, -0.2) is 38.9 Å². The van der Waals surface area contributed by atoms with Gasteiger partial charge in [0.2, 0.25) is 0 Å². The summed E-state index contributed by atoms with van der Waals surface area (Å²) in [5, 5.41) is 17.1. The number of hydrogen-bond donors (Lipinski definition) is 2. The van der Waals surface area contributed by atoms with Gasteiger partial charge in [-0.25, -0.2) is 0 Å². The SMILES string of the molecule is CC(C)Oc1ccc(-n2nnnc2C(F)(F)F)cc1CNC1CCCNC1c1ccccc1. The van der Waals surface area contributed by atoms with E-state index in [0.717, 1.165) is 24.9 Å². The highest BCUT2D eigenvalue weighted by molar-refractivity contribution is 5.44. The summed E-state index contributed by atoms with van der Waals surface area (Å²) < 4.78 is 46.6. The maximum atomic E-state index is 13.3. The minimum Gasteiger partial charge on any atom is -0.491 e. The summed E-state index contributed by atoms with van der Waals surface area (Å²) in [7, 11) is 0. The minimum atomic E-state index is -4.66. The summed E-state index contributed by atoms with van der Waals surface area (Å²) in [4.78, 5) is 0. The molecule has 2 heterocycles. The molecule has 0 amide bonds. The first-order valence-electron chi connectivity index (χ1n) is 11.0. The third kappa shape index (κ3) is 5.51. The van der Waals surface area contributed by atoms with Crippen LogP contribution in [0.1, 0.15) is 49.7 Å². The van der Waals surface area contributed by atoms with Crippen molar-refractivity contribution in [1.82, 2.24) is 30.8 Å². The fourth-order valence-corrected chi connectivity index (χ4v) is 4.10. The molecule has 3 aromatic rings. The molecule has 10 heteroatoms. The van der Waals surface area contributed by atoms with Crippen molar-refractivity contribution in [3.63, 3.8) is 0 Å². The number of rotatable bonds is 7. The van der Waals surface area contributed by atoms with Crippen molar-refractivity contribution in [3.05, 3.63) is 65.5 Å². The molecule has 0 aliphatic carbocycles. The molecule has 0 spiro atoms. The molecule has 0 radical (unpaired) electrons. The van der Waals surface area contributed by atoms with Crippen LogP contribution in [0.2, 0.25) is 0 Å². The second-order valence-corrected chi connectivity index (χ2v) is 8.34. The molecule has 2 N–H and O–H groups in total. The van der Waals surface area contributed by atoms with Gasteiger partial charge in [0, 0.05) is 24.2 Å². The number of tetrazole rings is 1. The summed E-state index contributed by atoms with van der Waals surface area (Å²) in [5.74, 6) is -0.553. The van der Waals surface area contributed by atoms with E-state index >= 15 is 0 Å². The van der Waals surface area contributed by atoms with Gasteiger partial charge in [-0.3, -0.25) is 0 Å². The van der Waals surface area contributed by atoms with Crippen LogP contribution in [-0.2, 0) is 12.7 Å². The Balaban J connectivity index is 1.60. The zero-order valence-electron chi connectivity index (χ0n) is 18.5. The molecule has 2 atom stereocenters. The molecule has 0 bridgehead atoms. The van der Waals surface area contributed by atoms with Gasteiger partial charge in [-0.15, -0.1) is 5.10 Å². The number of aromatic nitrogens is 4. The smallest absolute Gasteiger partial charge is 0.453 e. The minimum absolute atomic E-state index is 0.0817. The standard InChI is InChI=1S/C23H27F3N6O/c1-15(2)33-20-11-10-18(32-22(23(24,25)26)29-30-31-32)13-17(20)14-28-19-9-6-12-27-21(19)16-7-4-3-5-8-16/h3-5,7-8,10-11,13,15,19,21,27-28H,6,9,12,14H2,1-2H3. The second kappa shape index (κ2) is 9.88. The zero-order chi connectivity index (χ0) is 23.4. The van der Waals surface area contributed by atoms with Gasteiger partial charge in [0.05, 0.1) is 11.8 Å². The summed E-state index contributed by atoms with van der Waals surface area (Å²) in [6.45, 7) is 5.18. The summed E-state index contributed by atoms with van der Waals surface area (Å²) >= 11 is 0. The Morgan fingerprint density at radius 3 is 2.70 bits per heavy atom. The van der Waals surface area contributed by atoms with Crippen LogP contribution in [0.15, 0.2) is 48.5 Å². The van der Waals surface area contributed by atoms with Crippen molar-refractivity contribution in [2.24, 2.45) is 0 Å². The summed E-state index contributed by atoms with van der Waals surface area (Å²) in [5.41, 5.74) is 2.16. The van der Waals surface area contributed by atoms with Crippen molar-refractivity contribution in [2.75, 3.05) is 6.54 Å². The summed E-state index contributed by atoms with van der Waals surface area (Å²) in [6, 6.07) is 15.4. The number of nitrogens with zero attached hydrogens (tertiary/aromatic N) is 4. The molecule has 1 aliphatic heterocycles. The van der Waals surface area contributed by atoms with Gasteiger partial charge in [-0.2, -0.15) is 17.9 Å². The molecule has 33 heavy (non-hydrogen) atoms. The van der Waals surface area contributed by atoms with E-state index in [1.807, 2.05) is 32.0 Å². The Kier molecular flexibility index (Phi) is 6.94. The molecule has 4 rings (SSSR count). The maximum Gasteiger partial charge on any atom is 0.453 e. The lowest BCUT2D eigenvalue weighted by Gasteiger charge is -2.34. The van der Waals surface area contributed by atoms with Crippen molar-refractivity contribution < 1.29 is 17.9 Å². The fourth-order valence-electron chi connectivity index (χ4n) is 4.10. The number of nitrogens with one attached hydrogen (secondary N) is 2. The van der Waals surface area contributed by atoms with Gasteiger partial charge >= 0.3 is 6.18 Å². The van der Waals surface area contributed by atoms with E-state index in [4.69, 9.17) is 4.74 Å². The van der Waals surface area contributed by atoms with Crippen LogP contribution in [0.5, 0.6) is 5.75 Å². The Morgan fingerprint density at radius 1 is 1.18 bits per heavy atom. The van der Waals surface area contributed by atoms with E-state index in [9.17, 15) is 13.2 Å². The van der Waals surface area contributed by atoms with E-state index < -0.39 is 12.0 Å². The highest BCUT2D eigenvalue weighted by Crippen LogP contribution is 2.31. The Morgan fingerprint density at radius 2 is 1.97 bits per heavy atom. The molecule has 176 valence electrons. The Labute approximate surface area is 190 Å². The molecule has 7 nitrogen and oxygen atoms in total. The number of benzene rings is 2. The first-order valence-corrected chi connectivity index (χ1v) is 11.0. The molecule has 1 saturated heterocycles. The molecular weight excluding hydrogens is 433 g/mol. The Bertz CT molecular complexity index is 1050. The third-order valence-corrected chi connectivity index (χ3v) is 5.55. The first-order chi connectivity index (χ1) is 15.8. The van der Waals surface area contributed by atoms with Crippen LogP contribution in [0.3, 0.4) is 0 Å². The number of piperidine rings is 1. The topological polar surface area (TPSA) is 76.9 Å². The molecule has 1 aliphatic rings. The molecule has 1 fully saturated rings. The average Bonchev–Trinajstić information content (AvgIpc) is 3.30. The van der Waals surface area contributed by atoms with Crippen molar-refractivity contribution in [2.45, 2.75) is 57.6 Å². The van der Waals surface area contributed by atoms with E-state index in [0.29, 0.717) is 17.0 Å². The van der Waals surface area contributed by atoms with E-state index in [-0.39, 0.29) is 23.9 Å². The number of halogens is 3. The lowest BCUT2D eigenvalue weighted by Crippen LogP contribution is -2.45. The number of hydrogen-bond acceptors (Lipinski definition) is 6. The van der Waals surface area contributed by atoms with Crippen LogP contribution >= 0.6 is 0 Å². The predicted octanol–water partition coefficient (Wildman–Crippen LogP) is 4.05. The van der Waals surface area contributed by atoms with Crippen LogP contribution < -0.4 is 15.4 Å². The molecular formula is C23H27F3N6O. The zero-order valence-corrected chi connectivity index (χ0v) is 18.5. The largest absolute Gasteiger partial charge is 0.491 e. The number of ether oxygens (including phenoxy) is 1. The van der Waals surface area contributed by atoms with Gasteiger partial charge in [-0.05, 0) is 67.4 Å². The first kappa shape index (κ1) is 23.2. The second-order valence-electron chi connectivity index (χ2n) is 8.34. The van der Waals surface area contributed by atoms with Gasteiger partial charge in [0.15, 0.2) is 0 Å². The monoisotopic (exact) mass is 460 g/mol. The van der Waals surface area contributed by atoms with Gasteiger partial charge in [0.1, 0.15) is 5.75 Å². The van der Waals surface area contributed by atoms with Crippen LogP contribution in [0.25, 0.3) is 5.69 Å². The number of alkyl halides is 3. The lowest BCUT2D eigenvalue weighted by atomic mass is 9.92. The third-order valence-electron chi connectivity index (χ3n) is 5.55. The van der Waals surface area contributed by atoms with E-state index in [1.165, 1.54) is 11.6 Å². The normalized spacial score (nSPS) is 19.1. The van der Waals surface area contributed by atoms with E-state index in [2.05, 4.69) is 38.3 Å². The Hall–Kier alpha value is -2.98. The highest BCUT2D eigenvalue weighted by Gasteiger charge is 2.38.